The van der Waals surface area contributed by atoms with Gasteiger partial charge in [-0.1, -0.05) is 19.4 Å². The first-order valence-corrected chi connectivity index (χ1v) is 11.5. The minimum atomic E-state index is -0.468. The fourth-order valence-electron chi connectivity index (χ4n) is 3.62. The summed E-state index contributed by atoms with van der Waals surface area (Å²) in [6, 6.07) is 5.81. The van der Waals surface area contributed by atoms with Crippen LogP contribution in [0.1, 0.15) is 65.9 Å². The molecule has 0 aliphatic heterocycles. The molecule has 30 heavy (non-hydrogen) atoms. The number of carbonyl (C=O) groups is 2. The van der Waals surface area contributed by atoms with Crippen LogP contribution in [0.15, 0.2) is 18.2 Å². The Morgan fingerprint density at radius 2 is 2.00 bits per heavy atom. The first-order valence-electron chi connectivity index (χ1n) is 10.7. The van der Waals surface area contributed by atoms with Gasteiger partial charge in [-0.2, -0.15) is 0 Å². The van der Waals surface area contributed by atoms with Crippen LogP contribution in [0.3, 0.4) is 0 Å². The van der Waals surface area contributed by atoms with Gasteiger partial charge in [0.25, 0.3) is 5.91 Å². The average Bonchev–Trinajstić information content (AvgIpc) is 3.28. The van der Waals surface area contributed by atoms with Crippen molar-refractivity contribution in [1.29, 1.82) is 0 Å². The van der Waals surface area contributed by atoms with Gasteiger partial charge in [0.1, 0.15) is 5.00 Å². The molecule has 1 aromatic carbocycles. The molecule has 0 radical (unpaired) electrons. The van der Waals surface area contributed by atoms with Crippen LogP contribution in [0, 0.1) is 0 Å². The van der Waals surface area contributed by atoms with E-state index in [1.807, 2.05) is 25.1 Å². The SMILES string of the molecule is CCCCOc1ccc(CCC(=O)Nc2sc3c(c2C(N)=O)CCC3)cc1OCC. The standard InChI is InChI=1S/C23H30N2O4S/c1-3-5-13-29-17-11-9-15(14-18(17)28-4-2)10-12-20(26)25-23-21(22(24)27)16-7-6-8-19(16)30-23/h9,11,14H,3-8,10,12-13H2,1-2H3,(H2,24,27)(H,25,26). The number of nitrogens with two attached hydrogens (primary N) is 1. The molecule has 6 nitrogen and oxygen atoms in total. The van der Waals surface area contributed by atoms with Crippen molar-refractivity contribution in [3.8, 4) is 11.5 Å². The lowest BCUT2D eigenvalue weighted by Crippen LogP contribution is -2.18. The minimum absolute atomic E-state index is 0.126. The molecule has 0 spiro atoms. The Bertz CT molecular complexity index is 907. The molecule has 0 saturated heterocycles. The maximum Gasteiger partial charge on any atom is 0.251 e. The fraction of sp³-hybridized carbons (Fsp3) is 0.478. The number of unbranched alkanes of at least 4 members (excludes halogenated alkanes) is 1. The molecule has 0 unspecified atom stereocenters. The molecular formula is C23H30N2O4S. The van der Waals surface area contributed by atoms with Crippen LogP contribution < -0.4 is 20.5 Å². The number of carbonyl (C=O) groups excluding carboxylic acids is 2. The summed E-state index contributed by atoms with van der Waals surface area (Å²) in [6.45, 7) is 5.26. The zero-order valence-electron chi connectivity index (χ0n) is 17.7. The Morgan fingerprint density at radius 1 is 1.17 bits per heavy atom. The van der Waals surface area contributed by atoms with Crippen molar-refractivity contribution in [3.05, 3.63) is 39.8 Å². The lowest BCUT2D eigenvalue weighted by Gasteiger charge is -2.13. The molecule has 0 fully saturated rings. The smallest absolute Gasteiger partial charge is 0.251 e. The van der Waals surface area contributed by atoms with Crippen LogP contribution in [0.4, 0.5) is 5.00 Å². The third-order valence-electron chi connectivity index (χ3n) is 5.12. The molecule has 3 rings (SSSR count). The Balaban J connectivity index is 1.62. The van der Waals surface area contributed by atoms with Gasteiger partial charge >= 0.3 is 0 Å². The summed E-state index contributed by atoms with van der Waals surface area (Å²) in [5.41, 5.74) is 8.08. The Kier molecular flexibility index (Phi) is 7.74. The number of aryl methyl sites for hydroxylation is 2. The van der Waals surface area contributed by atoms with Gasteiger partial charge in [-0.15, -0.1) is 11.3 Å². The molecule has 7 heteroatoms. The number of thiophene rings is 1. The van der Waals surface area contributed by atoms with E-state index in [1.54, 1.807) is 0 Å². The second-order valence-electron chi connectivity index (χ2n) is 7.39. The molecule has 1 aromatic heterocycles. The lowest BCUT2D eigenvalue weighted by atomic mass is 10.1. The second-order valence-corrected chi connectivity index (χ2v) is 8.50. The summed E-state index contributed by atoms with van der Waals surface area (Å²) in [4.78, 5) is 25.6. The van der Waals surface area contributed by atoms with Crippen LogP contribution >= 0.6 is 11.3 Å². The predicted molar refractivity (Wildman–Crippen MR) is 120 cm³/mol. The normalized spacial score (nSPS) is 12.5. The van der Waals surface area contributed by atoms with Gasteiger partial charge in [-0.05, 0) is 62.3 Å². The summed E-state index contributed by atoms with van der Waals surface area (Å²) in [6.07, 6.45) is 5.78. The first kappa shape index (κ1) is 22.2. The number of nitrogens with one attached hydrogen (secondary N) is 1. The van der Waals surface area contributed by atoms with Crippen molar-refractivity contribution in [2.45, 2.75) is 58.8 Å². The highest BCUT2D eigenvalue weighted by molar-refractivity contribution is 7.17. The first-order chi connectivity index (χ1) is 14.5. The third-order valence-corrected chi connectivity index (χ3v) is 6.33. The molecular weight excluding hydrogens is 400 g/mol. The maximum atomic E-state index is 12.5. The summed E-state index contributed by atoms with van der Waals surface area (Å²) < 4.78 is 11.5. The van der Waals surface area contributed by atoms with Gasteiger partial charge in [0.2, 0.25) is 5.91 Å². The van der Waals surface area contributed by atoms with E-state index in [0.29, 0.717) is 42.4 Å². The molecule has 0 saturated carbocycles. The van der Waals surface area contributed by atoms with Crippen LogP contribution in [0.25, 0.3) is 0 Å². The van der Waals surface area contributed by atoms with Crippen LogP contribution in [-0.2, 0) is 24.1 Å². The highest BCUT2D eigenvalue weighted by Crippen LogP contribution is 2.39. The van der Waals surface area contributed by atoms with Gasteiger partial charge < -0.3 is 20.5 Å². The number of ether oxygens (including phenoxy) is 2. The summed E-state index contributed by atoms with van der Waals surface area (Å²) in [7, 11) is 0. The number of anilines is 1. The topological polar surface area (TPSA) is 90.6 Å². The predicted octanol–water partition coefficient (Wildman–Crippen LogP) is 4.48. The van der Waals surface area contributed by atoms with Crippen LogP contribution in [0.5, 0.6) is 11.5 Å². The number of fused-ring (bicyclic) bond motifs is 1. The van der Waals surface area contributed by atoms with E-state index < -0.39 is 5.91 Å². The summed E-state index contributed by atoms with van der Waals surface area (Å²) in [5.74, 6) is 0.846. The molecule has 2 amide bonds. The second kappa shape index (κ2) is 10.5. The molecule has 0 atom stereocenters. The number of rotatable bonds is 11. The monoisotopic (exact) mass is 430 g/mol. The van der Waals surface area contributed by atoms with E-state index in [0.717, 1.165) is 49.0 Å². The van der Waals surface area contributed by atoms with Crippen LogP contribution in [-0.4, -0.2) is 25.0 Å². The number of hydrogen-bond acceptors (Lipinski definition) is 5. The summed E-state index contributed by atoms with van der Waals surface area (Å²) >= 11 is 1.48. The van der Waals surface area contributed by atoms with E-state index in [4.69, 9.17) is 15.2 Å². The van der Waals surface area contributed by atoms with Gasteiger partial charge in [0.15, 0.2) is 11.5 Å². The van der Waals surface area contributed by atoms with Gasteiger partial charge in [0.05, 0.1) is 18.8 Å². The van der Waals surface area contributed by atoms with Crippen molar-refractivity contribution in [1.82, 2.24) is 0 Å². The quantitative estimate of drug-likeness (QED) is 0.514. The third kappa shape index (κ3) is 5.33. The minimum Gasteiger partial charge on any atom is -0.490 e. The van der Waals surface area contributed by atoms with E-state index >= 15 is 0 Å². The molecule has 0 bridgehead atoms. The fourth-order valence-corrected chi connectivity index (χ4v) is 4.93. The molecule has 1 aliphatic carbocycles. The van der Waals surface area contributed by atoms with E-state index in [2.05, 4.69) is 12.2 Å². The zero-order chi connectivity index (χ0) is 21.5. The Hall–Kier alpha value is -2.54. The van der Waals surface area contributed by atoms with Crippen molar-refractivity contribution < 1.29 is 19.1 Å². The zero-order valence-corrected chi connectivity index (χ0v) is 18.5. The Labute approximate surface area is 181 Å². The molecule has 1 heterocycles. The van der Waals surface area contributed by atoms with E-state index in [1.165, 1.54) is 16.2 Å². The molecule has 162 valence electrons. The number of amides is 2. The summed E-state index contributed by atoms with van der Waals surface area (Å²) in [5, 5.41) is 3.49. The lowest BCUT2D eigenvalue weighted by molar-refractivity contribution is -0.116. The highest BCUT2D eigenvalue weighted by Gasteiger charge is 2.26. The molecule has 2 aromatic rings. The Morgan fingerprint density at radius 3 is 2.73 bits per heavy atom. The highest BCUT2D eigenvalue weighted by atomic mass is 32.1. The van der Waals surface area contributed by atoms with Gasteiger partial charge in [-0.25, -0.2) is 0 Å². The van der Waals surface area contributed by atoms with E-state index in [-0.39, 0.29) is 5.91 Å². The molecule has 3 N–H and O–H groups in total. The van der Waals surface area contributed by atoms with Gasteiger partial charge in [0, 0.05) is 11.3 Å². The number of hydrogen-bond donors (Lipinski definition) is 2. The van der Waals surface area contributed by atoms with Crippen molar-refractivity contribution in [3.63, 3.8) is 0 Å². The van der Waals surface area contributed by atoms with Crippen molar-refractivity contribution in [2.24, 2.45) is 5.73 Å². The van der Waals surface area contributed by atoms with Crippen LogP contribution in [0.2, 0.25) is 0 Å². The van der Waals surface area contributed by atoms with Crippen molar-refractivity contribution >= 4 is 28.2 Å². The maximum absolute atomic E-state index is 12.5. The van der Waals surface area contributed by atoms with Crippen molar-refractivity contribution in [2.75, 3.05) is 18.5 Å². The largest absolute Gasteiger partial charge is 0.490 e. The van der Waals surface area contributed by atoms with Gasteiger partial charge in [-0.3, -0.25) is 9.59 Å². The average molecular weight is 431 g/mol. The number of benzene rings is 1. The molecule has 1 aliphatic rings. The van der Waals surface area contributed by atoms with E-state index in [9.17, 15) is 9.59 Å². The number of primary amides is 1.